The number of nitrogens with zero attached hydrogens (tertiary/aromatic N) is 1. The SMILES string of the molecule is CCCCCCCC[N+](C)(C)CCSCCC(F)(F)C(F)(F)C(F)(F)C(F)(F)C(F)(F)C(F)(F)F. The third kappa shape index (κ3) is 8.19. The predicted octanol–water partition coefficient (Wildman–Crippen LogP) is 8.29. The van der Waals surface area contributed by atoms with Gasteiger partial charge < -0.3 is 4.48 Å². The lowest BCUT2D eigenvalue weighted by Crippen LogP contribution is -2.70. The van der Waals surface area contributed by atoms with Gasteiger partial charge in [-0.25, -0.2) is 0 Å². The highest BCUT2D eigenvalue weighted by molar-refractivity contribution is 7.99. The smallest absolute Gasteiger partial charge is 0.328 e. The molecule has 212 valence electrons. The molecule has 0 radical (unpaired) electrons. The highest BCUT2D eigenvalue weighted by Gasteiger charge is 2.90. The van der Waals surface area contributed by atoms with Gasteiger partial charge in [-0.05, 0) is 18.6 Å². The molecule has 0 heterocycles. The van der Waals surface area contributed by atoms with Gasteiger partial charge in [0.15, 0.2) is 0 Å². The fourth-order valence-electron chi connectivity index (χ4n) is 3.01. The Balaban J connectivity index is 4.96. The van der Waals surface area contributed by atoms with Gasteiger partial charge in [0, 0.05) is 12.2 Å². The van der Waals surface area contributed by atoms with E-state index in [4.69, 9.17) is 0 Å². The van der Waals surface area contributed by atoms with Crippen LogP contribution in [0, 0.1) is 0 Å². The molecule has 0 bridgehead atoms. The first-order valence-corrected chi connectivity index (χ1v) is 12.0. The first-order chi connectivity index (χ1) is 15.5. The number of hydrogen-bond acceptors (Lipinski definition) is 1. The minimum Gasteiger partial charge on any atom is -0.328 e. The van der Waals surface area contributed by atoms with E-state index in [1.165, 1.54) is 0 Å². The summed E-state index contributed by atoms with van der Waals surface area (Å²) in [6.45, 7) is 3.16. The van der Waals surface area contributed by atoms with Crippen molar-refractivity contribution in [2.24, 2.45) is 0 Å². The number of alkyl halides is 13. The van der Waals surface area contributed by atoms with E-state index in [9.17, 15) is 57.1 Å². The van der Waals surface area contributed by atoms with Crippen molar-refractivity contribution in [3.05, 3.63) is 0 Å². The summed E-state index contributed by atoms with van der Waals surface area (Å²) in [7, 11) is 3.64. The highest BCUT2D eigenvalue weighted by Crippen LogP contribution is 2.60. The normalized spacial score (nSPS) is 15.1. The average molecular weight is 565 g/mol. The Morgan fingerprint density at radius 1 is 0.543 bits per heavy atom. The molecule has 0 saturated carbocycles. The second kappa shape index (κ2) is 12.3. The molecule has 35 heavy (non-hydrogen) atoms. The van der Waals surface area contributed by atoms with Crippen LogP contribution in [0.15, 0.2) is 0 Å². The Morgan fingerprint density at radius 3 is 1.49 bits per heavy atom. The molecule has 0 saturated heterocycles. The third-order valence-corrected chi connectivity index (χ3v) is 6.48. The summed E-state index contributed by atoms with van der Waals surface area (Å²) in [5, 5.41) is 0. The largest absolute Gasteiger partial charge is 0.460 e. The molecule has 0 amide bonds. The Hall–Kier alpha value is -0.600. The molecule has 0 atom stereocenters. The van der Waals surface area contributed by atoms with Gasteiger partial charge in [-0.15, -0.1) is 0 Å². The van der Waals surface area contributed by atoms with Crippen LogP contribution in [-0.4, -0.2) is 79.0 Å². The molecule has 0 rings (SSSR count). The maximum atomic E-state index is 13.8. The topological polar surface area (TPSA) is 0 Å². The van der Waals surface area contributed by atoms with Crippen LogP contribution < -0.4 is 0 Å². The Bertz CT molecular complexity index is 633. The van der Waals surface area contributed by atoms with Crippen molar-refractivity contribution in [1.82, 2.24) is 0 Å². The van der Waals surface area contributed by atoms with Crippen LogP contribution in [0.5, 0.6) is 0 Å². The molecule has 0 spiro atoms. The first-order valence-electron chi connectivity index (χ1n) is 10.9. The number of thioether (sulfide) groups is 1. The molecule has 1 nitrogen and oxygen atoms in total. The molecule has 0 fully saturated rings. The molecule has 0 aliphatic rings. The van der Waals surface area contributed by atoms with E-state index in [-0.39, 0.29) is 5.75 Å². The quantitative estimate of drug-likeness (QED) is 0.0974. The third-order valence-electron chi connectivity index (χ3n) is 5.52. The maximum Gasteiger partial charge on any atom is 0.460 e. The second-order valence-corrected chi connectivity index (χ2v) is 10.2. The second-order valence-electron chi connectivity index (χ2n) is 9.01. The van der Waals surface area contributed by atoms with E-state index in [1.807, 2.05) is 14.1 Å². The summed E-state index contributed by atoms with van der Waals surface area (Å²) in [6, 6.07) is 0. The molecule has 0 N–H and O–H groups in total. The molecular formula is C20H31F13NS+. The van der Waals surface area contributed by atoms with Crippen molar-refractivity contribution < 1.29 is 61.6 Å². The maximum absolute atomic E-state index is 13.8. The van der Waals surface area contributed by atoms with Crippen LogP contribution in [0.25, 0.3) is 0 Å². The molecule has 0 aliphatic carbocycles. The lowest BCUT2D eigenvalue weighted by molar-refractivity contribution is -0.888. The summed E-state index contributed by atoms with van der Waals surface area (Å²) in [6.07, 6.45) is -3.33. The molecule has 0 aromatic heterocycles. The van der Waals surface area contributed by atoms with Gasteiger partial charge in [-0.1, -0.05) is 32.6 Å². The predicted molar refractivity (Wildman–Crippen MR) is 108 cm³/mol. The van der Waals surface area contributed by atoms with Gasteiger partial charge >= 0.3 is 35.8 Å². The van der Waals surface area contributed by atoms with Gasteiger partial charge in [0.2, 0.25) is 0 Å². The minimum absolute atomic E-state index is 0.100. The number of quaternary nitrogens is 1. The Labute approximate surface area is 200 Å². The molecule has 15 heteroatoms. The van der Waals surface area contributed by atoms with E-state index < -0.39 is 48.0 Å². The van der Waals surface area contributed by atoms with Crippen molar-refractivity contribution in [3.63, 3.8) is 0 Å². The van der Waals surface area contributed by atoms with Crippen LogP contribution >= 0.6 is 11.8 Å². The molecule has 0 aromatic rings. The molecule has 0 aliphatic heterocycles. The molecule has 0 unspecified atom stereocenters. The monoisotopic (exact) mass is 564 g/mol. The minimum atomic E-state index is -7.84. The lowest BCUT2D eigenvalue weighted by Gasteiger charge is -2.39. The first kappa shape index (κ1) is 34.4. The fourth-order valence-corrected chi connectivity index (χ4v) is 4.23. The van der Waals surface area contributed by atoms with Gasteiger partial charge in [-0.3, -0.25) is 0 Å². The van der Waals surface area contributed by atoms with Crippen molar-refractivity contribution >= 4 is 11.8 Å². The van der Waals surface area contributed by atoms with Crippen LogP contribution in [0.3, 0.4) is 0 Å². The summed E-state index contributed by atoms with van der Waals surface area (Å²) in [5.41, 5.74) is 0. The molecule has 0 aromatic carbocycles. The van der Waals surface area contributed by atoms with Gasteiger partial charge in [0.25, 0.3) is 0 Å². The summed E-state index contributed by atoms with van der Waals surface area (Å²) in [4.78, 5) is 0. The van der Waals surface area contributed by atoms with Crippen LogP contribution in [0.2, 0.25) is 0 Å². The summed E-state index contributed by atoms with van der Waals surface area (Å²) < 4.78 is 171. The van der Waals surface area contributed by atoms with Crippen LogP contribution in [0.1, 0.15) is 51.9 Å². The number of halogens is 13. The summed E-state index contributed by atoms with van der Waals surface area (Å²) in [5.74, 6) is -37.2. The van der Waals surface area contributed by atoms with E-state index in [2.05, 4.69) is 6.92 Å². The lowest BCUT2D eigenvalue weighted by atomic mass is 9.93. The van der Waals surface area contributed by atoms with E-state index in [0.29, 0.717) is 22.8 Å². The van der Waals surface area contributed by atoms with Crippen LogP contribution in [0.4, 0.5) is 57.1 Å². The number of hydrogen-bond donors (Lipinski definition) is 0. The fraction of sp³-hybridized carbons (Fsp3) is 1.00. The standard InChI is InChI=1S/C20H31F13NS/c1-4-5-6-7-8-9-11-34(2,3)12-14-35-13-10-15(21,22)16(23,24)17(25,26)18(27,28)19(29,30)20(31,32)33/h4-14H2,1-3H3/q+1. The zero-order valence-electron chi connectivity index (χ0n) is 19.5. The van der Waals surface area contributed by atoms with Crippen molar-refractivity contribution in [3.8, 4) is 0 Å². The number of rotatable bonds is 17. The average Bonchev–Trinajstić information content (AvgIpc) is 2.68. The van der Waals surface area contributed by atoms with Gasteiger partial charge in [-0.2, -0.15) is 68.8 Å². The highest BCUT2D eigenvalue weighted by atomic mass is 32.2. The van der Waals surface area contributed by atoms with Crippen LogP contribution in [-0.2, 0) is 0 Å². The van der Waals surface area contributed by atoms with E-state index in [1.54, 1.807) is 0 Å². The Morgan fingerprint density at radius 2 is 1.00 bits per heavy atom. The van der Waals surface area contributed by atoms with Crippen molar-refractivity contribution in [2.45, 2.75) is 87.7 Å². The van der Waals surface area contributed by atoms with Gasteiger partial charge in [0.05, 0.1) is 27.2 Å². The van der Waals surface area contributed by atoms with Gasteiger partial charge in [0.1, 0.15) is 0 Å². The number of unbranched alkanes of at least 4 members (excludes halogenated alkanes) is 5. The zero-order valence-corrected chi connectivity index (χ0v) is 20.4. The zero-order chi connectivity index (χ0) is 28.0. The van der Waals surface area contributed by atoms with E-state index in [0.717, 1.165) is 45.1 Å². The summed E-state index contributed by atoms with van der Waals surface area (Å²) >= 11 is 0.612. The molecular weight excluding hydrogens is 533 g/mol. The van der Waals surface area contributed by atoms with Crippen molar-refractivity contribution in [2.75, 3.05) is 38.7 Å². The Kier molecular flexibility index (Phi) is 12.1. The van der Waals surface area contributed by atoms with Crippen molar-refractivity contribution in [1.29, 1.82) is 0 Å². The van der Waals surface area contributed by atoms with E-state index >= 15 is 0 Å².